The van der Waals surface area contributed by atoms with Crippen LogP contribution in [0.1, 0.15) is 43.6 Å². The predicted octanol–water partition coefficient (Wildman–Crippen LogP) is 3.60. The van der Waals surface area contributed by atoms with Gasteiger partial charge in [-0.3, -0.25) is 4.90 Å². The van der Waals surface area contributed by atoms with Gasteiger partial charge >= 0.3 is 0 Å². The molecule has 6 nitrogen and oxygen atoms in total. The van der Waals surface area contributed by atoms with Gasteiger partial charge in [-0.05, 0) is 31.4 Å². The van der Waals surface area contributed by atoms with Gasteiger partial charge in [-0.25, -0.2) is 13.4 Å². The highest BCUT2D eigenvalue weighted by Crippen LogP contribution is 2.29. The van der Waals surface area contributed by atoms with Gasteiger partial charge in [-0.2, -0.15) is 4.31 Å². The zero-order valence-corrected chi connectivity index (χ0v) is 17.5. The van der Waals surface area contributed by atoms with Crippen LogP contribution in [0.25, 0.3) is 11.3 Å². The third kappa shape index (κ3) is 3.88. The number of hydrogen-bond donors (Lipinski definition) is 0. The zero-order valence-electron chi connectivity index (χ0n) is 16.7. The van der Waals surface area contributed by atoms with Crippen molar-refractivity contribution in [2.75, 3.05) is 26.2 Å². The van der Waals surface area contributed by atoms with Crippen molar-refractivity contribution in [2.24, 2.45) is 0 Å². The molecule has 1 aromatic heterocycles. The largest absolute Gasteiger partial charge is 0.441 e. The van der Waals surface area contributed by atoms with Crippen LogP contribution in [0.15, 0.2) is 33.7 Å². The minimum Gasteiger partial charge on any atom is -0.441 e. The first kappa shape index (κ1) is 19.6. The van der Waals surface area contributed by atoms with Crippen molar-refractivity contribution in [1.29, 1.82) is 0 Å². The molecule has 2 aromatic rings. The molecule has 0 spiro atoms. The Morgan fingerprint density at radius 3 is 2.39 bits per heavy atom. The van der Waals surface area contributed by atoms with Crippen LogP contribution >= 0.6 is 0 Å². The maximum Gasteiger partial charge on any atom is 0.243 e. The summed E-state index contributed by atoms with van der Waals surface area (Å²) in [6.45, 7) is 6.39. The molecular formula is C21H29N3O3S. The Morgan fingerprint density at radius 2 is 1.75 bits per heavy atom. The summed E-state index contributed by atoms with van der Waals surface area (Å²) in [5.41, 5.74) is 1.50. The first-order valence-electron chi connectivity index (χ1n) is 10.2. The fraction of sp³-hybridized carbons (Fsp3) is 0.571. The van der Waals surface area contributed by atoms with Crippen LogP contribution in [0.2, 0.25) is 0 Å². The summed E-state index contributed by atoms with van der Waals surface area (Å²) in [5.74, 6) is 1.16. The molecule has 0 unspecified atom stereocenters. The maximum atomic E-state index is 13.3. The lowest BCUT2D eigenvalue weighted by atomic mass is 9.94. The van der Waals surface area contributed by atoms with E-state index in [1.165, 1.54) is 32.1 Å². The Hall–Kier alpha value is -1.70. The lowest BCUT2D eigenvalue weighted by Gasteiger charge is -2.40. The Labute approximate surface area is 167 Å². The Bertz CT molecular complexity index is 924. The van der Waals surface area contributed by atoms with Gasteiger partial charge in [0, 0.05) is 44.7 Å². The highest BCUT2D eigenvalue weighted by molar-refractivity contribution is 7.89. The summed E-state index contributed by atoms with van der Waals surface area (Å²) < 4.78 is 33.9. The van der Waals surface area contributed by atoms with Gasteiger partial charge in [0.1, 0.15) is 0 Å². The van der Waals surface area contributed by atoms with Crippen LogP contribution in [0.3, 0.4) is 0 Å². The average molecular weight is 404 g/mol. The van der Waals surface area contributed by atoms with Crippen molar-refractivity contribution < 1.29 is 12.8 Å². The smallest absolute Gasteiger partial charge is 0.243 e. The third-order valence-corrected chi connectivity index (χ3v) is 8.12. The number of aryl methyl sites for hydroxylation is 2. The van der Waals surface area contributed by atoms with Gasteiger partial charge in [0.25, 0.3) is 0 Å². The molecule has 0 bridgehead atoms. The minimum atomic E-state index is -3.53. The summed E-state index contributed by atoms with van der Waals surface area (Å²) in [5, 5.41) is 0. The van der Waals surface area contributed by atoms with Crippen LogP contribution in [-0.4, -0.2) is 54.8 Å². The van der Waals surface area contributed by atoms with Gasteiger partial charge in [0.2, 0.25) is 10.0 Å². The molecule has 0 atom stereocenters. The van der Waals surface area contributed by atoms with Gasteiger partial charge in [0.15, 0.2) is 11.7 Å². The molecule has 0 N–H and O–H groups in total. The average Bonchev–Trinajstić information content (AvgIpc) is 3.15. The van der Waals surface area contributed by atoms with E-state index < -0.39 is 10.0 Å². The maximum absolute atomic E-state index is 13.3. The summed E-state index contributed by atoms with van der Waals surface area (Å²) in [4.78, 5) is 6.98. The molecule has 1 saturated heterocycles. The molecule has 0 radical (unpaired) electrons. The van der Waals surface area contributed by atoms with E-state index in [4.69, 9.17) is 4.42 Å². The number of sulfonamides is 1. The van der Waals surface area contributed by atoms with Gasteiger partial charge in [0.05, 0.1) is 11.1 Å². The first-order valence-corrected chi connectivity index (χ1v) is 11.7. The van der Waals surface area contributed by atoms with Gasteiger partial charge in [-0.1, -0.05) is 31.4 Å². The Morgan fingerprint density at radius 1 is 1.04 bits per heavy atom. The van der Waals surface area contributed by atoms with Crippen LogP contribution in [0.4, 0.5) is 0 Å². The zero-order chi connectivity index (χ0) is 19.7. The SMILES string of the molecule is Cc1ncc(-c2ccc(C)c(S(=O)(=O)N3CCN(C4CCCCC4)CC3)c2)o1. The molecule has 152 valence electrons. The molecule has 1 saturated carbocycles. The number of hydrogen-bond acceptors (Lipinski definition) is 5. The van der Waals surface area contributed by atoms with E-state index >= 15 is 0 Å². The second-order valence-electron chi connectivity index (χ2n) is 7.96. The number of piperazine rings is 1. The molecule has 2 fully saturated rings. The Balaban J connectivity index is 1.52. The monoisotopic (exact) mass is 403 g/mol. The summed E-state index contributed by atoms with van der Waals surface area (Å²) in [7, 11) is -3.53. The van der Waals surface area contributed by atoms with E-state index in [1.54, 1.807) is 23.5 Å². The summed E-state index contributed by atoms with van der Waals surface area (Å²) >= 11 is 0. The highest BCUT2D eigenvalue weighted by Gasteiger charge is 2.32. The molecule has 4 rings (SSSR count). The van der Waals surface area contributed by atoms with Crippen molar-refractivity contribution >= 4 is 10.0 Å². The fourth-order valence-electron chi connectivity index (χ4n) is 4.42. The van der Waals surface area contributed by atoms with Crippen LogP contribution in [-0.2, 0) is 10.0 Å². The molecule has 28 heavy (non-hydrogen) atoms. The van der Waals surface area contributed by atoms with E-state index in [9.17, 15) is 8.42 Å². The van der Waals surface area contributed by atoms with E-state index in [1.807, 2.05) is 19.1 Å². The van der Waals surface area contributed by atoms with E-state index in [2.05, 4.69) is 9.88 Å². The van der Waals surface area contributed by atoms with Crippen LogP contribution < -0.4 is 0 Å². The third-order valence-electron chi connectivity index (χ3n) is 6.08. The Kier molecular flexibility index (Phi) is 5.58. The molecule has 1 aliphatic carbocycles. The number of aromatic nitrogens is 1. The lowest BCUT2D eigenvalue weighted by Crippen LogP contribution is -2.52. The lowest BCUT2D eigenvalue weighted by molar-refractivity contribution is 0.111. The number of rotatable bonds is 4. The topological polar surface area (TPSA) is 66.7 Å². The van der Waals surface area contributed by atoms with Crippen LogP contribution in [0, 0.1) is 13.8 Å². The minimum absolute atomic E-state index is 0.366. The number of oxazole rings is 1. The second kappa shape index (κ2) is 7.97. The van der Waals surface area contributed by atoms with Crippen molar-refractivity contribution in [3.63, 3.8) is 0 Å². The van der Waals surface area contributed by atoms with Crippen molar-refractivity contribution in [3.05, 3.63) is 35.9 Å². The molecule has 1 aliphatic heterocycles. The van der Waals surface area contributed by atoms with E-state index in [-0.39, 0.29) is 0 Å². The van der Waals surface area contributed by atoms with E-state index in [0.29, 0.717) is 35.7 Å². The number of nitrogens with zero attached hydrogens (tertiary/aromatic N) is 3. The molecule has 2 aliphatic rings. The molecule has 7 heteroatoms. The van der Waals surface area contributed by atoms with Crippen molar-refractivity contribution in [1.82, 2.24) is 14.2 Å². The first-order chi connectivity index (χ1) is 13.4. The molecule has 1 aromatic carbocycles. The quantitative estimate of drug-likeness (QED) is 0.780. The highest BCUT2D eigenvalue weighted by atomic mass is 32.2. The predicted molar refractivity (Wildman–Crippen MR) is 109 cm³/mol. The van der Waals surface area contributed by atoms with Crippen molar-refractivity contribution in [3.8, 4) is 11.3 Å². The van der Waals surface area contributed by atoms with Gasteiger partial charge < -0.3 is 4.42 Å². The normalized spacial score (nSPS) is 20.5. The summed E-state index contributed by atoms with van der Waals surface area (Å²) in [6.07, 6.45) is 8.09. The second-order valence-corrected chi connectivity index (χ2v) is 9.86. The van der Waals surface area contributed by atoms with E-state index in [0.717, 1.165) is 24.2 Å². The number of benzene rings is 1. The standard InChI is InChI=1S/C21H29N3O3S/c1-16-8-9-18(20-15-22-17(2)27-20)14-21(16)28(25,26)24-12-10-23(11-13-24)19-6-4-3-5-7-19/h8-9,14-15,19H,3-7,10-13H2,1-2H3. The molecule has 0 amide bonds. The van der Waals surface area contributed by atoms with Gasteiger partial charge in [-0.15, -0.1) is 0 Å². The molecular weight excluding hydrogens is 374 g/mol. The molecule has 2 heterocycles. The van der Waals surface area contributed by atoms with Crippen molar-refractivity contribution in [2.45, 2.75) is 56.9 Å². The summed E-state index contributed by atoms with van der Waals surface area (Å²) in [6, 6.07) is 6.09. The fourth-order valence-corrected chi connectivity index (χ4v) is 6.09. The van der Waals surface area contributed by atoms with Crippen LogP contribution in [0.5, 0.6) is 0 Å².